The Morgan fingerprint density at radius 2 is 1.88 bits per heavy atom. The maximum Gasteiger partial charge on any atom is 0.492 e. The maximum absolute atomic E-state index is 9.12. The van der Waals surface area contributed by atoms with Crippen LogP contribution >= 0.6 is 0 Å². The summed E-state index contributed by atoms with van der Waals surface area (Å²) >= 11 is 0. The van der Waals surface area contributed by atoms with Gasteiger partial charge in [-0.15, -0.1) is 0 Å². The lowest BCUT2D eigenvalue weighted by atomic mass is 9.79. The SMILES string of the molecule is CC(C)COCCOc1ccccc1B(O)O. The van der Waals surface area contributed by atoms with Crippen molar-refractivity contribution in [3.05, 3.63) is 24.3 Å². The summed E-state index contributed by atoms with van der Waals surface area (Å²) in [4.78, 5) is 0. The Balaban J connectivity index is 2.36. The van der Waals surface area contributed by atoms with Crippen LogP contribution in [-0.4, -0.2) is 37.0 Å². The van der Waals surface area contributed by atoms with E-state index in [4.69, 9.17) is 19.5 Å². The Hall–Kier alpha value is -1.04. The van der Waals surface area contributed by atoms with Gasteiger partial charge in [0.2, 0.25) is 0 Å². The molecule has 94 valence electrons. The van der Waals surface area contributed by atoms with Crippen LogP contribution < -0.4 is 10.2 Å². The first-order valence-corrected chi connectivity index (χ1v) is 5.77. The minimum atomic E-state index is -1.51. The van der Waals surface area contributed by atoms with Crippen molar-refractivity contribution in [3.63, 3.8) is 0 Å². The van der Waals surface area contributed by atoms with Crippen LogP contribution in [0.2, 0.25) is 0 Å². The predicted octanol–water partition coefficient (Wildman–Crippen LogP) is 0.418. The normalized spacial score (nSPS) is 10.6. The fourth-order valence-corrected chi connectivity index (χ4v) is 1.35. The Bertz CT molecular complexity index is 328. The van der Waals surface area contributed by atoms with Gasteiger partial charge in [-0.1, -0.05) is 32.0 Å². The standard InChI is InChI=1S/C12H19BO4/c1-10(2)9-16-7-8-17-12-6-4-3-5-11(12)13(14)15/h3-6,10,14-15H,7-9H2,1-2H3. The molecular weight excluding hydrogens is 219 g/mol. The second-order valence-corrected chi connectivity index (χ2v) is 4.23. The molecule has 0 unspecified atom stereocenters. The molecule has 0 radical (unpaired) electrons. The topological polar surface area (TPSA) is 58.9 Å². The fraction of sp³-hybridized carbons (Fsp3) is 0.500. The monoisotopic (exact) mass is 238 g/mol. The van der Waals surface area contributed by atoms with E-state index in [0.717, 1.165) is 0 Å². The van der Waals surface area contributed by atoms with E-state index in [1.165, 1.54) is 0 Å². The first-order valence-electron chi connectivity index (χ1n) is 5.77. The van der Waals surface area contributed by atoms with E-state index in [0.29, 0.717) is 37.0 Å². The van der Waals surface area contributed by atoms with Gasteiger partial charge in [-0.25, -0.2) is 0 Å². The van der Waals surface area contributed by atoms with Gasteiger partial charge in [-0.05, 0) is 12.0 Å². The van der Waals surface area contributed by atoms with Gasteiger partial charge in [0.15, 0.2) is 0 Å². The molecule has 1 rings (SSSR count). The second kappa shape index (κ2) is 7.32. The number of ether oxygens (including phenoxy) is 2. The van der Waals surface area contributed by atoms with Crippen LogP contribution in [0.4, 0.5) is 0 Å². The van der Waals surface area contributed by atoms with E-state index >= 15 is 0 Å². The molecular formula is C12H19BO4. The van der Waals surface area contributed by atoms with Crippen LogP contribution in [0.1, 0.15) is 13.8 Å². The second-order valence-electron chi connectivity index (χ2n) is 4.23. The third kappa shape index (κ3) is 5.21. The van der Waals surface area contributed by atoms with E-state index in [-0.39, 0.29) is 0 Å². The summed E-state index contributed by atoms with van der Waals surface area (Å²) in [5.74, 6) is 0.984. The van der Waals surface area contributed by atoms with Crippen LogP contribution in [0.5, 0.6) is 5.75 Å². The minimum absolute atomic E-state index is 0.372. The Morgan fingerprint density at radius 3 is 2.53 bits per heavy atom. The van der Waals surface area contributed by atoms with Gasteiger partial charge in [0, 0.05) is 12.1 Å². The number of para-hydroxylation sites is 1. The van der Waals surface area contributed by atoms with Gasteiger partial charge in [-0.3, -0.25) is 0 Å². The fourth-order valence-electron chi connectivity index (χ4n) is 1.35. The summed E-state index contributed by atoms with van der Waals surface area (Å²) in [6.07, 6.45) is 0. The van der Waals surface area contributed by atoms with Crippen molar-refractivity contribution in [3.8, 4) is 5.75 Å². The molecule has 0 saturated heterocycles. The number of hydrogen-bond donors (Lipinski definition) is 2. The van der Waals surface area contributed by atoms with E-state index in [1.54, 1.807) is 24.3 Å². The molecule has 17 heavy (non-hydrogen) atoms. The molecule has 0 aliphatic carbocycles. The van der Waals surface area contributed by atoms with E-state index in [1.807, 2.05) is 0 Å². The highest BCUT2D eigenvalue weighted by Crippen LogP contribution is 2.06. The van der Waals surface area contributed by atoms with Gasteiger partial charge in [0.25, 0.3) is 0 Å². The van der Waals surface area contributed by atoms with Crippen molar-refractivity contribution < 1.29 is 19.5 Å². The average molecular weight is 238 g/mol. The lowest BCUT2D eigenvalue weighted by Gasteiger charge is -2.11. The smallest absolute Gasteiger partial charge is 0.492 e. The zero-order valence-corrected chi connectivity index (χ0v) is 10.3. The van der Waals surface area contributed by atoms with E-state index < -0.39 is 7.12 Å². The molecule has 0 heterocycles. The zero-order chi connectivity index (χ0) is 12.7. The molecule has 0 spiro atoms. The van der Waals surface area contributed by atoms with Crippen LogP contribution in [0.15, 0.2) is 24.3 Å². The summed E-state index contributed by atoms with van der Waals surface area (Å²) < 4.78 is 10.8. The molecule has 1 aromatic carbocycles. The van der Waals surface area contributed by atoms with Gasteiger partial charge in [0.05, 0.1) is 6.61 Å². The van der Waals surface area contributed by atoms with Crippen molar-refractivity contribution in [2.75, 3.05) is 19.8 Å². The molecule has 1 aromatic rings. The number of benzene rings is 1. The van der Waals surface area contributed by atoms with Crippen LogP contribution in [0.25, 0.3) is 0 Å². The van der Waals surface area contributed by atoms with Crippen LogP contribution in [-0.2, 0) is 4.74 Å². The molecule has 0 atom stereocenters. The van der Waals surface area contributed by atoms with Crippen molar-refractivity contribution in [2.45, 2.75) is 13.8 Å². The summed E-state index contributed by atoms with van der Waals surface area (Å²) in [5, 5.41) is 18.2. The highest BCUT2D eigenvalue weighted by molar-refractivity contribution is 6.59. The third-order valence-electron chi connectivity index (χ3n) is 2.13. The van der Waals surface area contributed by atoms with E-state index in [2.05, 4.69) is 13.8 Å². The van der Waals surface area contributed by atoms with Gasteiger partial charge >= 0.3 is 7.12 Å². The Kier molecular flexibility index (Phi) is 6.04. The highest BCUT2D eigenvalue weighted by atomic mass is 16.5. The number of rotatable bonds is 7. The molecule has 5 heteroatoms. The Morgan fingerprint density at radius 1 is 1.18 bits per heavy atom. The predicted molar refractivity (Wildman–Crippen MR) is 67.4 cm³/mol. The molecule has 0 fully saturated rings. The third-order valence-corrected chi connectivity index (χ3v) is 2.13. The van der Waals surface area contributed by atoms with Crippen molar-refractivity contribution in [1.82, 2.24) is 0 Å². The van der Waals surface area contributed by atoms with Crippen molar-refractivity contribution in [1.29, 1.82) is 0 Å². The summed E-state index contributed by atoms with van der Waals surface area (Å²) in [6, 6.07) is 6.85. The number of hydrogen-bond acceptors (Lipinski definition) is 4. The van der Waals surface area contributed by atoms with E-state index in [9.17, 15) is 0 Å². The van der Waals surface area contributed by atoms with Crippen LogP contribution in [0.3, 0.4) is 0 Å². The van der Waals surface area contributed by atoms with Crippen LogP contribution in [0, 0.1) is 5.92 Å². The average Bonchev–Trinajstić information content (AvgIpc) is 2.28. The zero-order valence-electron chi connectivity index (χ0n) is 10.3. The van der Waals surface area contributed by atoms with Crippen molar-refractivity contribution in [2.24, 2.45) is 5.92 Å². The van der Waals surface area contributed by atoms with Crippen molar-refractivity contribution >= 4 is 12.6 Å². The maximum atomic E-state index is 9.12. The highest BCUT2D eigenvalue weighted by Gasteiger charge is 2.15. The first kappa shape index (κ1) is 14.0. The molecule has 0 aliphatic rings. The molecule has 0 saturated carbocycles. The summed E-state index contributed by atoms with van der Waals surface area (Å²) in [7, 11) is -1.51. The summed E-state index contributed by atoms with van der Waals surface area (Å²) in [6.45, 7) is 5.76. The quantitative estimate of drug-likeness (QED) is 0.533. The van der Waals surface area contributed by atoms with Gasteiger partial charge in [-0.2, -0.15) is 0 Å². The first-order chi connectivity index (χ1) is 8.11. The van der Waals surface area contributed by atoms with Gasteiger partial charge in [0.1, 0.15) is 12.4 Å². The molecule has 2 N–H and O–H groups in total. The largest absolute Gasteiger partial charge is 0.492 e. The lowest BCUT2D eigenvalue weighted by Crippen LogP contribution is -2.31. The molecule has 0 aromatic heterocycles. The van der Waals surface area contributed by atoms with Gasteiger partial charge < -0.3 is 19.5 Å². The molecule has 4 nitrogen and oxygen atoms in total. The molecule has 0 amide bonds. The lowest BCUT2D eigenvalue weighted by molar-refractivity contribution is 0.0821. The molecule has 0 bridgehead atoms. The Labute approximate surface area is 102 Å². The molecule has 0 aliphatic heterocycles. The minimum Gasteiger partial charge on any atom is -0.492 e. The summed E-state index contributed by atoms with van der Waals surface area (Å²) in [5.41, 5.74) is 0.372.